The van der Waals surface area contributed by atoms with Crippen LogP contribution >= 0.6 is 0 Å². The number of imidazole rings is 1. The smallest absolute Gasteiger partial charge is 0.323 e. The molecule has 7 nitrogen and oxygen atoms in total. The minimum atomic E-state index is -0.352. The van der Waals surface area contributed by atoms with E-state index in [2.05, 4.69) is 28.1 Å². The molecule has 0 radical (unpaired) electrons. The average molecular weight is 524 g/mol. The summed E-state index contributed by atoms with van der Waals surface area (Å²) in [6.45, 7) is 16.5. The molecule has 0 saturated carbocycles. The van der Waals surface area contributed by atoms with Crippen molar-refractivity contribution in [3.63, 3.8) is 0 Å². The SMILES string of the molecule is C/C=C(\C=C(\C)C(=O)C(C)CC)c1nc2cc(CNC(CC)C(=O)OC(C)C)ccc2n1CC1CCOC1. The Kier molecular flexibility index (Phi) is 10.9. The quantitative estimate of drug-likeness (QED) is 0.201. The van der Waals surface area contributed by atoms with Crippen LogP contribution in [0.4, 0.5) is 0 Å². The van der Waals surface area contributed by atoms with Crippen molar-refractivity contribution >= 4 is 28.4 Å². The van der Waals surface area contributed by atoms with E-state index in [1.54, 1.807) is 0 Å². The van der Waals surface area contributed by atoms with Gasteiger partial charge in [-0.15, -0.1) is 0 Å². The van der Waals surface area contributed by atoms with Crippen molar-refractivity contribution in [2.75, 3.05) is 13.2 Å². The zero-order valence-electron chi connectivity index (χ0n) is 24.2. The summed E-state index contributed by atoms with van der Waals surface area (Å²) < 4.78 is 13.3. The number of Topliss-reactive ketones (excluding diaryl/α,β-unsaturated/α-hetero) is 1. The van der Waals surface area contributed by atoms with Gasteiger partial charge in [0, 0.05) is 37.1 Å². The zero-order chi connectivity index (χ0) is 27.8. The number of nitrogens with one attached hydrogen (secondary N) is 1. The van der Waals surface area contributed by atoms with Crippen LogP contribution in [0.25, 0.3) is 16.6 Å². The highest BCUT2D eigenvalue weighted by molar-refractivity contribution is 5.99. The van der Waals surface area contributed by atoms with Gasteiger partial charge in [-0.2, -0.15) is 0 Å². The summed E-state index contributed by atoms with van der Waals surface area (Å²) in [5.41, 5.74) is 4.69. The van der Waals surface area contributed by atoms with E-state index in [0.717, 1.165) is 66.2 Å². The number of fused-ring (bicyclic) bond motifs is 1. The second-order valence-corrected chi connectivity index (χ2v) is 10.7. The number of ether oxygens (including phenoxy) is 2. The number of carbonyl (C=O) groups excluding carboxylic acids is 2. The molecule has 3 atom stereocenters. The van der Waals surface area contributed by atoms with Crippen LogP contribution in [-0.2, 0) is 32.2 Å². The first-order valence-electron chi connectivity index (χ1n) is 14.1. The molecule has 1 N–H and O–H groups in total. The van der Waals surface area contributed by atoms with Crippen molar-refractivity contribution in [1.29, 1.82) is 0 Å². The van der Waals surface area contributed by atoms with Crippen LogP contribution < -0.4 is 5.32 Å². The fraction of sp³-hybridized carbons (Fsp3) is 0.581. The number of hydrogen-bond donors (Lipinski definition) is 1. The lowest BCUT2D eigenvalue weighted by Crippen LogP contribution is -2.38. The minimum absolute atomic E-state index is 0.00126. The first-order valence-corrected chi connectivity index (χ1v) is 14.1. The summed E-state index contributed by atoms with van der Waals surface area (Å²) in [7, 11) is 0. The van der Waals surface area contributed by atoms with Gasteiger partial charge >= 0.3 is 5.97 Å². The number of allylic oxidation sites excluding steroid dienone is 4. The van der Waals surface area contributed by atoms with Crippen LogP contribution in [0.5, 0.6) is 0 Å². The van der Waals surface area contributed by atoms with Crippen LogP contribution in [0.2, 0.25) is 0 Å². The molecule has 1 aliphatic heterocycles. The molecular weight excluding hydrogens is 478 g/mol. The molecule has 0 amide bonds. The van der Waals surface area contributed by atoms with Gasteiger partial charge in [-0.05, 0) is 76.3 Å². The summed E-state index contributed by atoms with van der Waals surface area (Å²) in [6, 6.07) is 5.93. The minimum Gasteiger partial charge on any atom is -0.462 e. The summed E-state index contributed by atoms with van der Waals surface area (Å²) in [5, 5.41) is 3.34. The number of benzene rings is 1. The van der Waals surface area contributed by atoms with E-state index in [0.29, 0.717) is 18.9 Å². The molecule has 1 fully saturated rings. The highest BCUT2D eigenvalue weighted by Gasteiger charge is 2.23. The summed E-state index contributed by atoms with van der Waals surface area (Å²) in [6.07, 6.45) is 6.37. The van der Waals surface area contributed by atoms with Gasteiger partial charge in [0.05, 0.1) is 23.7 Å². The first-order chi connectivity index (χ1) is 18.2. The third-order valence-electron chi connectivity index (χ3n) is 7.26. The third kappa shape index (κ3) is 7.41. The number of rotatable bonds is 13. The summed E-state index contributed by atoms with van der Waals surface area (Å²) in [4.78, 5) is 30.3. The van der Waals surface area contributed by atoms with Gasteiger partial charge in [0.2, 0.25) is 0 Å². The molecule has 0 aliphatic carbocycles. The predicted octanol–water partition coefficient (Wildman–Crippen LogP) is 5.86. The topological polar surface area (TPSA) is 82.5 Å². The Hall–Kier alpha value is -2.77. The van der Waals surface area contributed by atoms with Crippen LogP contribution in [-0.4, -0.2) is 46.7 Å². The molecule has 2 aromatic rings. The molecule has 1 saturated heterocycles. The van der Waals surface area contributed by atoms with Crippen molar-refractivity contribution in [3.8, 4) is 0 Å². The van der Waals surface area contributed by atoms with E-state index >= 15 is 0 Å². The van der Waals surface area contributed by atoms with E-state index < -0.39 is 0 Å². The second kappa shape index (κ2) is 13.9. The number of nitrogens with zero attached hydrogens (tertiary/aromatic N) is 2. The molecule has 0 bridgehead atoms. The standard InChI is InChI=1S/C31H45N3O4/c1-8-21(6)29(35)22(7)15-25(9-2)30-33-27-16-23(17-32-26(10-3)31(36)38-20(4)5)11-12-28(27)34(30)18-24-13-14-37-19-24/h9,11-12,15-16,20-21,24,26,32H,8,10,13-14,17-19H2,1-7H3/b22-15-,25-9+. The van der Waals surface area contributed by atoms with Gasteiger partial charge in [0.15, 0.2) is 5.78 Å². The van der Waals surface area contributed by atoms with Gasteiger partial charge in [-0.25, -0.2) is 4.98 Å². The Bertz CT molecular complexity index is 1170. The van der Waals surface area contributed by atoms with Gasteiger partial charge in [0.1, 0.15) is 11.9 Å². The molecule has 208 valence electrons. The number of ketones is 1. The van der Waals surface area contributed by atoms with E-state index in [-0.39, 0.29) is 29.8 Å². The number of hydrogen-bond acceptors (Lipinski definition) is 6. The average Bonchev–Trinajstić information content (AvgIpc) is 3.54. The maximum atomic E-state index is 12.8. The monoisotopic (exact) mass is 523 g/mol. The molecule has 3 rings (SSSR count). The molecule has 1 aromatic heterocycles. The molecule has 1 aromatic carbocycles. The van der Waals surface area contributed by atoms with Crippen molar-refractivity contribution in [2.24, 2.45) is 11.8 Å². The Morgan fingerprint density at radius 2 is 2.00 bits per heavy atom. The largest absolute Gasteiger partial charge is 0.462 e. The van der Waals surface area contributed by atoms with Crippen molar-refractivity contribution in [1.82, 2.24) is 14.9 Å². The van der Waals surface area contributed by atoms with Crippen LogP contribution in [0.15, 0.2) is 35.9 Å². The first kappa shape index (κ1) is 29.8. The van der Waals surface area contributed by atoms with Gasteiger partial charge < -0.3 is 19.4 Å². The van der Waals surface area contributed by atoms with Crippen molar-refractivity contribution in [2.45, 2.75) is 93.0 Å². The summed E-state index contributed by atoms with van der Waals surface area (Å²) in [5.74, 6) is 1.24. The van der Waals surface area contributed by atoms with Crippen molar-refractivity contribution in [3.05, 3.63) is 47.3 Å². The fourth-order valence-electron chi connectivity index (χ4n) is 4.78. The Morgan fingerprint density at radius 1 is 1.24 bits per heavy atom. The second-order valence-electron chi connectivity index (χ2n) is 10.7. The Balaban J connectivity index is 1.94. The van der Waals surface area contributed by atoms with E-state index in [1.165, 1.54) is 0 Å². The third-order valence-corrected chi connectivity index (χ3v) is 7.26. The van der Waals surface area contributed by atoms with Crippen molar-refractivity contribution < 1.29 is 19.1 Å². The highest BCUT2D eigenvalue weighted by Crippen LogP contribution is 2.28. The molecule has 2 heterocycles. The van der Waals surface area contributed by atoms with E-state index in [9.17, 15) is 9.59 Å². The maximum absolute atomic E-state index is 12.8. The molecule has 3 unspecified atom stereocenters. The fourth-order valence-corrected chi connectivity index (χ4v) is 4.78. The maximum Gasteiger partial charge on any atom is 0.323 e. The Morgan fingerprint density at radius 3 is 2.61 bits per heavy atom. The van der Waals surface area contributed by atoms with Crippen LogP contribution in [0.3, 0.4) is 0 Å². The molecule has 38 heavy (non-hydrogen) atoms. The predicted molar refractivity (Wildman–Crippen MR) is 153 cm³/mol. The van der Waals surface area contributed by atoms with Gasteiger partial charge in [-0.1, -0.05) is 32.9 Å². The highest BCUT2D eigenvalue weighted by atomic mass is 16.5. The van der Waals surface area contributed by atoms with Crippen LogP contribution in [0.1, 0.15) is 79.1 Å². The molecule has 7 heteroatoms. The lowest BCUT2D eigenvalue weighted by atomic mass is 9.96. The number of aromatic nitrogens is 2. The Labute approximate surface area is 227 Å². The van der Waals surface area contributed by atoms with E-state index in [4.69, 9.17) is 14.5 Å². The molecular formula is C31H45N3O4. The summed E-state index contributed by atoms with van der Waals surface area (Å²) >= 11 is 0. The normalized spacial score (nSPS) is 18.3. The molecule has 1 aliphatic rings. The zero-order valence-corrected chi connectivity index (χ0v) is 24.2. The lowest BCUT2D eigenvalue weighted by Gasteiger charge is -2.18. The van der Waals surface area contributed by atoms with Gasteiger partial charge in [-0.3, -0.25) is 9.59 Å². The number of esters is 1. The van der Waals surface area contributed by atoms with Gasteiger partial charge in [0.25, 0.3) is 0 Å². The number of carbonyl (C=O) groups is 2. The lowest BCUT2D eigenvalue weighted by molar-refractivity contribution is -0.150. The van der Waals surface area contributed by atoms with Crippen LogP contribution in [0, 0.1) is 11.8 Å². The van der Waals surface area contributed by atoms with E-state index in [1.807, 2.05) is 60.6 Å². The molecule has 0 spiro atoms.